The molecule has 0 fully saturated rings. The molecule has 0 aromatic carbocycles. The van der Waals surface area contributed by atoms with Crippen molar-refractivity contribution in [3.8, 4) is 5.75 Å². The van der Waals surface area contributed by atoms with E-state index in [-0.39, 0.29) is 11.7 Å². The van der Waals surface area contributed by atoms with Crippen LogP contribution in [0.1, 0.15) is 88.2 Å². The number of nitrogens with zero attached hydrogens (tertiary/aromatic N) is 2. The van der Waals surface area contributed by atoms with Crippen LogP contribution >= 0.6 is 0 Å². The maximum Gasteiger partial charge on any atom is 0.362 e. The van der Waals surface area contributed by atoms with Crippen LogP contribution in [0.15, 0.2) is 10.9 Å². The van der Waals surface area contributed by atoms with Gasteiger partial charge in [-0.05, 0) is 13.3 Å². The topological polar surface area (TPSA) is 81.4 Å². The number of esters is 1. The fourth-order valence-electron chi connectivity index (χ4n) is 2.71. The highest BCUT2D eigenvalue weighted by Crippen LogP contribution is 2.17. The van der Waals surface area contributed by atoms with Gasteiger partial charge in [0.05, 0.1) is 13.2 Å². The Kier molecular flexibility index (Phi) is 9.12. The van der Waals surface area contributed by atoms with Crippen molar-refractivity contribution in [1.29, 1.82) is 0 Å². The van der Waals surface area contributed by atoms with Crippen LogP contribution in [0.5, 0.6) is 5.75 Å². The number of unbranched alkanes of at least 4 members (excludes halogenated alkanes) is 7. The zero-order valence-corrected chi connectivity index (χ0v) is 15.1. The van der Waals surface area contributed by atoms with E-state index in [9.17, 15) is 14.7 Å². The molecular formula is C18H30N2O4. The third kappa shape index (κ3) is 6.34. The van der Waals surface area contributed by atoms with Gasteiger partial charge in [0.2, 0.25) is 5.69 Å². The molecular weight excluding hydrogens is 308 g/mol. The first-order valence-corrected chi connectivity index (χ1v) is 8.92. The van der Waals surface area contributed by atoms with Crippen LogP contribution in [0.2, 0.25) is 0 Å². The molecule has 0 aliphatic heterocycles. The van der Waals surface area contributed by atoms with E-state index in [1.54, 1.807) is 0 Å². The van der Waals surface area contributed by atoms with E-state index >= 15 is 0 Å². The standard InChI is InChI=1S/C18H30N2O4/c1-4-5-6-7-8-9-10-11-12-14(2)20-16(22)13-15(21)17(19-20)18(23)24-3/h13-14,21H,4-12H2,1-3H3. The largest absolute Gasteiger partial charge is 0.505 e. The minimum absolute atomic E-state index is 0.124. The van der Waals surface area contributed by atoms with Crippen molar-refractivity contribution in [2.24, 2.45) is 0 Å². The summed E-state index contributed by atoms with van der Waals surface area (Å²) in [7, 11) is 1.21. The number of carbonyl (C=O) groups excluding carboxylic acids is 1. The van der Waals surface area contributed by atoms with Gasteiger partial charge < -0.3 is 9.84 Å². The van der Waals surface area contributed by atoms with Crippen LogP contribution in [-0.2, 0) is 4.74 Å². The maximum atomic E-state index is 12.0. The summed E-state index contributed by atoms with van der Waals surface area (Å²) >= 11 is 0. The van der Waals surface area contributed by atoms with Crippen molar-refractivity contribution < 1.29 is 14.6 Å². The zero-order valence-electron chi connectivity index (χ0n) is 15.1. The SMILES string of the molecule is CCCCCCCCCCC(C)n1nc(C(=O)OC)c(O)cc1=O. The van der Waals surface area contributed by atoms with Crippen molar-refractivity contribution >= 4 is 5.97 Å². The fraction of sp³-hybridized carbons (Fsp3) is 0.722. The highest BCUT2D eigenvalue weighted by Gasteiger charge is 2.18. The van der Waals surface area contributed by atoms with Gasteiger partial charge in [-0.3, -0.25) is 4.79 Å². The second kappa shape index (κ2) is 10.8. The quantitative estimate of drug-likeness (QED) is 0.490. The molecule has 0 spiro atoms. The number of ether oxygens (including phenoxy) is 1. The lowest BCUT2D eigenvalue weighted by atomic mass is 10.1. The molecule has 0 aliphatic rings. The molecule has 0 bridgehead atoms. The maximum absolute atomic E-state index is 12.0. The summed E-state index contributed by atoms with van der Waals surface area (Å²) in [5, 5.41) is 13.6. The average molecular weight is 338 g/mol. The summed E-state index contributed by atoms with van der Waals surface area (Å²) in [5.74, 6) is -1.19. The molecule has 0 aliphatic carbocycles. The minimum Gasteiger partial charge on any atom is -0.505 e. The Hall–Kier alpha value is -1.85. The molecule has 0 radical (unpaired) electrons. The lowest BCUT2D eigenvalue weighted by Gasteiger charge is -2.15. The first kappa shape index (κ1) is 20.2. The monoisotopic (exact) mass is 338 g/mol. The van der Waals surface area contributed by atoms with Gasteiger partial charge in [0, 0.05) is 6.07 Å². The van der Waals surface area contributed by atoms with Crippen molar-refractivity contribution in [3.63, 3.8) is 0 Å². The van der Waals surface area contributed by atoms with Gasteiger partial charge in [0.1, 0.15) is 0 Å². The van der Waals surface area contributed by atoms with E-state index < -0.39 is 17.3 Å². The number of carbonyl (C=O) groups is 1. The van der Waals surface area contributed by atoms with Crippen molar-refractivity contribution in [2.75, 3.05) is 7.11 Å². The molecule has 1 unspecified atom stereocenters. The van der Waals surface area contributed by atoms with Crippen LogP contribution in [-0.4, -0.2) is 28.0 Å². The molecule has 0 saturated carbocycles. The van der Waals surface area contributed by atoms with Crippen LogP contribution < -0.4 is 5.56 Å². The van der Waals surface area contributed by atoms with Crippen LogP contribution in [0.4, 0.5) is 0 Å². The molecule has 6 heteroatoms. The summed E-state index contributed by atoms with van der Waals surface area (Å²) in [6, 6.07) is 0.894. The molecule has 136 valence electrons. The average Bonchev–Trinajstić information content (AvgIpc) is 2.56. The number of rotatable bonds is 11. The van der Waals surface area contributed by atoms with E-state index in [4.69, 9.17) is 0 Å². The molecule has 6 nitrogen and oxygen atoms in total. The summed E-state index contributed by atoms with van der Waals surface area (Å²) in [6.07, 6.45) is 10.6. The molecule has 24 heavy (non-hydrogen) atoms. The van der Waals surface area contributed by atoms with Gasteiger partial charge in [0.15, 0.2) is 5.75 Å². The van der Waals surface area contributed by atoms with E-state index in [0.717, 1.165) is 25.3 Å². The molecule has 1 aromatic rings. The van der Waals surface area contributed by atoms with Gasteiger partial charge in [-0.1, -0.05) is 58.3 Å². The van der Waals surface area contributed by atoms with Gasteiger partial charge in [-0.25, -0.2) is 9.48 Å². The van der Waals surface area contributed by atoms with Crippen molar-refractivity contribution in [1.82, 2.24) is 9.78 Å². The fourth-order valence-corrected chi connectivity index (χ4v) is 2.71. The predicted octanol–water partition coefficient (Wildman–Crippen LogP) is 3.83. The van der Waals surface area contributed by atoms with E-state index in [2.05, 4.69) is 16.8 Å². The summed E-state index contributed by atoms with van der Waals surface area (Å²) in [5.41, 5.74) is -0.632. The molecule has 0 saturated heterocycles. The highest BCUT2D eigenvalue weighted by atomic mass is 16.5. The van der Waals surface area contributed by atoms with Crippen molar-refractivity contribution in [3.05, 3.63) is 22.1 Å². The smallest absolute Gasteiger partial charge is 0.362 e. The molecule has 0 amide bonds. The summed E-state index contributed by atoms with van der Waals surface area (Å²) in [4.78, 5) is 23.5. The Balaban J connectivity index is 2.48. The lowest BCUT2D eigenvalue weighted by molar-refractivity contribution is 0.0586. The van der Waals surface area contributed by atoms with E-state index in [0.29, 0.717) is 0 Å². The normalized spacial score (nSPS) is 12.1. The number of methoxy groups -OCH3 is 1. The summed E-state index contributed by atoms with van der Waals surface area (Å²) < 4.78 is 5.83. The molecule has 1 rings (SSSR count). The Labute approximate surface area is 143 Å². The van der Waals surface area contributed by atoms with Gasteiger partial charge in [0.25, 0.3) is 5.56 Å². The highest BCUT2D eigenvalue weighted by molar-refractivity contribution is 5.89. The Bertz CT molecular complexity index is 569. The molecule has 1 heterocycles. The number of hydrogen-bond acceptors (Lipinski definition) is 5. The van der Waals surface area contributed by atoms with Crippen LogP contribution in [0.3, 0.4) is 0 Å². The second-order valence-corrected chi connectivity index (χ2v) is 6.27. The Morgan fingerprint density at radius 3 is 2.38 bits per heavy atom. The van der Waals surface area contributed by atoms with Crippen molar-refractivity contribution in [2.45, 2.75) is 77.7 Å². The van der Waals surface area contributed by atoms with Crippen LogP contribution in [0, 0.1) is 0 Å². The third-order valence-corrected chi connectivity index (χ3v) is 4.21. The number of aromatic hydroxyl groups is 1. The molecule has 1 atom stereocenters. The first-order valence-electron chi connectivity index (χ1n) is 8.92. The summed E-state index contributed by atoms with van der Waals surface area (Å²) in [6.45, 7) is 4.11. The van der Waals surface area contributed by atoms with Gasteiger partial charge in [-0.15, -0.1) is 0 Å². The minimum atomic E-state index is -0.750. The van der Waals surface area contributed by atoms with E-state index in [1.807, 2.05) is 6.92 Å². The zero-order chi connectivity index (χ0) is 17.9. The third-order valence-electron chi connectivity index (χ3n) is 4.21. The predicted molar refractivity (Wildman–Crippen MR) is 93.4 cm³/mol. The van der Waals surface area contributed by atoms with Gasteiger partial charge in [-0.2, -0.15) is 5.10 Å². The number of aromatic nitrogens is 2. The number of hydrogen-bond donors (Lipinski definition) is 1. The lowest BCUT2D eigenvalue weighted by Crippen LogP contribution is -2.27. The first-order chi connectivity index (χ1) is 11.5. The Morgan fingerprint density at radius 1 is 1.21 bits per heavy atom. The molecule has 1 N–H and O–H groups in total. The van der Waals surface area contributed by atoms with Gasteiger partial charge >= 0.3 is 5.97 Å². The Morgan fingerprint density at radius 2 is 1.79 bits per heavy atom. The van der Waals surface area contributed by atoms with Crippen LogP contribution in [0.25, 0.3) is 0 Å². The van der Waals surface area contributed by atoms with E-state index in [1.165, 1.54) is 50.3 Å². The molecule has 1 aromatic heterocycles. The second-order valence-electron chi connectivity index (χ2n) is 6.27.